The van der Waals surface area contributed by atoms with Crippen LogP contribution in [0.1, 0.15) is 10.5 Å². The van der Waals surface area contributed by atoms with Gasteiger partial charge in [-0.15, -0.1) is 0 Å². The fourth-order valence-corrected chi connectivity index (χ4v) is 1.88. The molecule has 1 saturated heterocycles. The van der Waals surface area contributed by atoms with E-state index in [1.54, 1.807) is 11.9 Å². The summed E-state index contributed by atoms with van der Waals surface area (Å²) in [5, 5.41) is 9.44. The molecule has 104 valence electrons. The lowest BCUT2D eigenvalue weighted by atomic mass is 10.2. The van der Waals surface area contributed by atoms with Gasteiger partial charge in [-0.2, -0.15) is 0 Å². The van der Waals surface area contributed by atoms with E-state index in [0.29, 0.717) is 32.7 Å². The van der Waals surface area contributed by atoms with Gasteiger partial charge in [0, 0.05) is 33.2 Å². The van der Waals surface area contributed by atoms with Crippen LogP contribution >= 0.6 is 0 Å². The Hall–Kier alpha value is -2.16. The van der Waals surface area contributed by atoms with E-state index in [0.717, 1.165) is 0 Å². The zero-order chi connectivity index (χ0) is 13.8. The first-order valence-electron chi connectivity index (χ1n) is 5.92. The number of nitrogens with one attached hydrogen (secondary N) is 1. The Balaban J connectivity index is 1.88. The van der Waals surface area contributed by atoms with E-state index in [2.05, 4.69) is 20.3 Å². The van der Waals surface area contributed by atoms with Gasteiger partial charge < -0.3 is 16.0 Å². The molecule has 9 heteroatoms. The molecule has 1 aromatic heterocycles. The Morgan fingerprint density at radius 3 is 2.53 bits per heavy atom. The molecule has 19 heavy (non-hydrogen) atoms. The highest BCUT2D eigenvalue weighted by atomic mass is 16.6. The summed E-state index contributed by atoms with van der Waals surface area (Å²) in [6.45, 7) is 2.63. The van der Waals surface area contributed by atoms with E-state index in [4.69, 9.17) is 5.73 Å². The second-order valence-corrected chi connectivity index (χ2v) is 4.24. The second kappa shape index (κ2) is 5.65. The van der Waals surface area contributed by atoms with Crippen LogP contribution in [0, 0.1) is 0 Å². The Morgan fingerprint density at radius 2 is 2.00 bits per heavy atom. The quantitative estimate of drug-likeness (QED) is 0.661. The molecule has 1 aliphatic rings. The van der Waals surface area contributed by atoms with Gasteiger partial charge in [-0.05, 0) is 10.3 Å². The molecule has 3 N–H and O–H groups in total. The maximum absolute atomic E-state index is 12.1. The number of likely N-dealkylation sites (N-methyl/N-ethyl adjacent to an activating group) is 1. The molecule has 0 unspecified atom stereocenters. The Kier molecular flexibility index (Phi) is 3.95. The fourth-order valence-electron chi connectivity index (χ4n) is 1.88. The number of piperazine rings is 1. The molecule has 0 spiro atoms. The molecule has 0 aromatic carbocycles. The molecule has 2 amide bonds. The summed E-state index contributed by atoms with van der Waals surface area (Å²) >= 11 is 0. The Morgan fingerprint density at radius 1 is 1.32 bits per heavy atom. The SMILES string of the molecule is CNC(=O)CN1CCN(C(=O)c2nonc2N)CC1. The monoisotopic (exact) mass is 268 g/mol. The molecule has 0 saturated carbocycles. The topological polar surface area (TPSA) is 118 Å². The molecule has 9 nitrogen and oxygen atoms in total. The molecule has 1 aliphatic heterocycles. The highest BCUT2D eigenvalue weighted by Gasteiger charge is 2.26. The van der Waals surface area contributed by atoms with E-state index in [1.165, 1.54) is 0 Å². The number of anilines is 1. The van der Waals surface area contributed by atoms with Crippen molar-refractivity contribution in [3.8, 4) is 0 Å². The van der Waals surface area contributed by atoms with Crippen molar-refractivity contribution in [1.82, 2.24) is 25.4 Å². The van der Waals surface area contributed by atoms with Gasteiger partial charge in [-0.1, -0.05) is 0 Å². The van der Waals surface area contributed by atoms with Gasteiger partial charge in [-0.3, -0.25) is 14.5 Å². The van der Waals surface area contributed by atoms with Crippen molar-refractivity contribution in [1.29, 1.82) is 0 Å². The Bertz CT molecular complexity index is 466. The summed E-state index contributed by atoms with van der Waals surface area (Å²) in [6, 6.07) is 0. The number of nitrogens with zero attached hydrogens (tertiary/aromatic N) is 4. The van der Waals surface area contributed by atoms with E-state index >= 15 is 0 Å². The number of hydrogen-bond acceptors (Lipinski definition) is 7. The van der Waals surface area contributed by atoms with Crippen LogP contribution in [0.15, 0.2) is 4.63 Å². The average Bonchev–Trinajstić information content (AvgIpc) is 2.85. The van der Waals surface area contributed by atoms with E-state index in [-0.39, 0.29) is 23.3 Å². The molecule has 0 bridgehead atoms. The molecule has 1 fully saturated rings. The molecule has 0 atom stereocenters. The van der Waals surface area contributed by atoms with Crippen LogP contribution < -0.4 is 11.1 Å². The van der Waals surface area contributed by atoms with Gasteiger partial charge in [-0.25, -0.2) is 4.63 Å². The van der Waals surface area contributed by atoms with Crippen molar-refractivity contribution in [2.45, 2.75) is 0 Å². The average molecular weight is 268 g/mol. The first-order valence-corrected chi connectivity index (χ1v) is 5.92. The lowest BCUT2D eigenvalue weighted by Gasteiger charge is -2.33. The molecular weight excluding hydrogens is 252 g/mol. The summed E-state index contributed by atoms with van der Waals surface area (Å²) in [6.07, 6.45) is 0. The van der Waals surface area contributed by atoms with Gasteiger partial charge in [0.05, 0.1) is 6.54 Å². The van der Waals surface area contributed by atoms with Crippen LogP contribution in [0.25, 0.3) is 0 Å². The summed E-state index contributed by atoms with van der Waals surface area (Å²) in [7, 11) is 1.60. The number of nitrogens with two attached hydrogens (primary N) is 1. The molecule has 0 aliphatic carbocycles. The van der Waals surface area contributed by atoms with Crippen LogP contribution in [0.3, 0.4) is 0 Å². The summed E-state index contributed by atoms with van der Waals surface area (Å²) in [4.78, 5) is 26.9. The number of aromatic nitrogens is 2. The normalized spacial score (nSPS) is 16.4. The maximum atomic E-state index is 12.1. The van der Waals surface area contributed by atoms with Crippen molar-refractivity contribution >= 4 is 17.6 Å². The molecule has 0 radical (unpaired) electrons. The Labute approximate surface area is 109 Å². The van der Waals surface area contributed by atoms with Crippen molar-refractivity contribution in [3.05, 3.63) is 5.69 Å². The first kappa shape index (κ1) is 13.3. The van der Waals surface area contributed by atoms with Gasteiger partial charge >= 0.3 is 0 Å². The predicted molar refractivity (Wildman–Crippen MR) is 65.1 cm³/mol. The molecule has 2 heterocycles. The van der Waals surface area contributed by atoms with Crippen LogP contribution in [-0.2, 0) is 4.79 Å². The van der Waals surface area contributed by atoms with Crippen molar-refractivity contribution in [2.24, 2.45) is 0 Å². The third-order valence-corrected chi connectivity index (χ3v) is 3.02. The number of nitrogen functional groups attached to an aromatic ring is 1. The predicted octanol–water partition coefficient (Wildman–Crippen LogP) is -1.84. The fraction of sp³-hybridized carbons (Fsp3) is 0.600. The second-order valence-electron chi connectivity index (χ2n) is 4.24. The zero-order valence-electron chi connectivity index (χ0n) is 10.6. The minimum Gasteiger partial charge on any atom is -0.379 e. The summed E-state index contributed by atoms with van der Waals surface area (Å²) in [5.41, 5.74) is 5.52. The van der Waals surface area contributed by atoms with Gasteiger partial charge in [0.2, 0.25) is 17.4 Å². The largest absolute Gasteiger partial charge is 0.379 e. The highest BCUT2D eigenvalue weighted by Crippen LogP contribution is 2.11. The van der Waals surface area contributed by atoms with E-state index in [9.17, 15) is 9.59 Å². The first-order chi connectivity index (χ1) is 9.11. The van der Waals surface area contributed by atoms with Gasteiger partial charge in [0.25, 0.3) is 5.91 Å². The van der Waals surface area contributed by atoms with E-state index in [1.807, 2.05) is 4.90 Å². The lowest BCUT2D eigenvalue weighted by Crippen LogP contribution is -2.51. The lowest BCUT2D eigenvalue weighted by molar-refractivity contribution is -0.122. The van der Waals surface area contributed by atoms with Crippen LogP contribution in [0.5, 0.6) is 0 Å². The van der Waals surface area contributed by atoms with E-state index < -0.39 is 0 Å². The minimum absolute atomic E-state index is 0.00205. The number of carbonyl (C=O) groups is 2. The van der Waals surface area contributed by atoms with Crippen molar-refractivity contribution in [3.63, 3.8) is 0 Å². The van der Waals surface area contributed by atoms with Gasteiger partial charge in [0.1, 0.15) is 0 Å². The smallest absolute Gasteiger partial charge is 0.280 e. The third kappa shape index (κ3) is 2.99. The number of rotatable bonds is 3. The molecular formula is C10H16N6O3. The van der Waals surface area contributed by atoms with Crippen molar-refractivity contribution < 1.29 is 14.2 Å². The third-order valence-electron chi connectivity index (χ3n) is 3.02. The summed E-state index contributed by atoms with van der Waals surface area (Å²) < 4.78 is 4.41. The molecule has 2 rings (SSSR count). The van der Waals surface area contributed by atoms with Crippen molar-refractivity contribution in [2.75, 3.05) is 45.5 Å². The minimum atomic E-state index is -0.293. The maximum Gasteiger partial charge on any atom is 0.280 e. The standard InChI is InChI=1S/C10H16N6O3/c1-12-7(17)6-15-2-4-16(5-3-15)10(18)8-9(11)14-19-13-8/h2-6H2,1H3,(H2,11,14)(H,12,17). The number of amides is 2. The number of hydrogen-bond donors (Lipinski definition) is 2. The molecule has 1 aromatic rings. The van der Waals surface area contributed by atoms with Crippen LogP contribution in [0.4, 0.5) is 5.82 Å². The summed E-state index contributed by atoms with van der Waals surface area (Å²) in [5.74, 6) is -0.333. The van der Waals surface area contributed by atoms with Gasteiger partial charge in [0.15, 0.2) is 0 Å². The zero-order valence-corrected chi connectivity index (χ0v) is 10.6. The van der Waals surface area contributed by atoms with Crippen LogP contribution in [0.2, 0.25) is 0 Å². The highest BCUT2D eigenvalue weighted by molar-refractivity contribution is 5.96. The van der Waals surface area contributed by atoms with Crippen LogP contribution in [-0.4, -0.2) is 71.7 Å². The number of carbonyl (C=O) groups excluding carboxylic acids is 2.